The molecule has 1 fully saturated rings. The predicted molar refractivity (Wildman–Crippen MR) is 91.8 cm³/mol. The fraction of sp³-hybridized carbons (Fsp3) is 0.588. The summed E-state index contributed by atoms with van der Waals surface area (Å²) in [5.41, 5.74) is 0.976. The van der Waals surface area contributed by atoms with Crippen molar-refractivity contribution in [1.29, 1.82) is 0 Å². The van der Waals surface area contributed by atoms with Gasteiger partial charge in [0.25, 0.3) is 0 Å². The zero-order valence-corrected chi connectivity index (χ0v) is 14.7. The first-order valence-corrected chi connectivity index (χ1v) is 9.78. The summed E-state index contributed by atoms with van der Waals surface area (Å²) in [6.07, 6.45) is 1.54. The van der Waals surface area contributed by atoms with Gasteiger partial charge in [0.05, 0.1) is 18.8 Å². The molecule has 0 bridgehead atoms. The lowest BCUT2D eigenvalue weighted by molar-refractivity contribution is -0.119. The van der Waals surface area contributed by atoms with Crippen molar-refractivity contribution in [1.82, 2.24) is 9.62 Å². The van der Waals surface area contributed by atoms with Crippen molar-refractivity contribution < 1.29 is 13.2 Å². The highest BCUT2D eigenvalue weighted by Crippen LogP contribution is 2.21. The van der Waals surface area contributed by atoms with Crippen molar-refractivity contribution >= 4 is 15.8 Å². The molecule has 5 nitrogen and oxygen atoms in total. The Labute approximate surface area is 139 Å². The zero-order valence-electron chi connectivity index (χ0n) is 13.9. The molecule has 0 spiro atoms. The van der Waals surface area contributed by atoms with Gasteiger partial charge in [0, 0.05) is 12.6 Å². The predicted octanol–water partition coefficient (Wildman–Crippen LogP) is 1.45. The number of nitrogens with zero attached hydrogens (tertiary/aromatic N) is 1. The van der Waals surface area contributed by atoms with E-state index in [1.165, 1.54) is 0 Å². The zero-order chi connectivity index (χ0) is 16.9. The molecule has 1 aromatic rings. The maximum absolute atomic E-state index is 12.0. The Morgan fingerprint density at radius 2 is 1.96 bits per heavy atom. The van der Waals surface area contributed by atoms with Gasteiger partial charge >= 0.3 is 0 Å². The first kappa shape index (κ1) is 18.1. The SMILES string of the molecule is CC1CC(C)N(CC(=O)CNS(=O)(=O)CCc2ccccc2)C1. The normalized spacial score (nSPS) is 22.3. The monoisotopic (exact) mass is 338 g/mol. The fourth-order valence-electron chi connectivity index (χ4n) is 3.05. The maximum Gasteiger partial charge on any atom is 0.212 e. The van der Waals surface area contributed by atoms with Gasteiger partial charge in [-0.25, -0.2) is 13.1 Å². The van der Waals surface area contributed by atoms with E-state index in [2.05, 4.69) is 23.5 Å². The van der Waals surface area contributed by atoms with E-state index < -0.39 is 10.0 Å². The third-order valence-corrected chi connectivity index (χ3v) is 5.61. The molecule has 6 heteroatoms. The van der Waals surface area contributed by atoms with Gasteiger partial charge in [0.2, 0.25) is 10.0 Å². The van der Waals surface area contributed by atoms with Crippen LogP contribution in [0.4, 0.5) is 0 Å². The van der Waals surface area contributed by atoms with Gasteiger partial charge in [-0.2, -0.15) is 0 Å². The minimum absolute atomic E-state index is 0.00143. The minimum Gasteiger partial charge on any atom is -0.297 e. The summed E-state index contributed by atoms with van der Waals surface area (Å²) in [4.78, 5) is 14.1. The number of nitrogens with one attached hydrogen (secondary N) is 1. The molecule has 0 saturated carbocycles. The lowest BCUT2D eigenvalue weighted by Gasteiger charge is -2.19. The third kappa shape index (κ3) is 6.05. The number of likely N-dealkylation sites (tertiary alicyclic amines) is 1. The number of aryl methyl sites for hydroxylation is 1. The van der Waals surface area contributed by atoms with E-state index in [-0.39, 0.29) is 18.1 Å². The second kappa shape index (κ2) is 8.04. The number of carbonyl (C=O) groups excluding carboxylic acids is 1. The molecule has 1 aromatic carbocycles. The van der Waals surface area contributed by atoms with Crippen LogP contribution in [0.5, 0.6) is 0 Å². The average molecular weight is 338 g/mol. The quantitative estimate of drug-likeness (QED) is 0.779. The van der Waals surface area contributed by atoms with Gasteiger partial charge in [-0.05, 0) is 31.2 Å². The van der Waals surface area contributed by atoms with E-state index in [0.29, 0.717) is 24.9 Å². The van der Waals surface area contributed by atoms with E-state index in [9.17, 15) is 13.2 Å². The van der Waals surface area contributed by atoms with Crippen molar-refractivity contribution in [2.45, 2.75) is 32.7 Å². The second-order valence-electron chi connectivity index (χ2n) is 6.53. The van der Waals surface area contributed by atoms with Crippen molar-refractivity contribution in [2.75, 3.05) is 25.4 Å². The van der Waals surface area contributed by atoms with Crippen LogP contribution in [0, 0.1) is 5.92 Å². The Balaban J connectivity index is 1.74. The van der Waals surface area contributed by atoms with Gasteiger partial charge in [0.1, 0.15) is 0 Å². The highest BCUT2D eigenvalue weighted by Gasteiger charge is 2.27. The summed E-state index contributed by atoms with van der Waals surface area (Å²) in [7, 11) is -3.42. The Morgan fingerprint density at radius 3 is 2.57 bits per heavy atom. The molecule has 0 aromatic heterocycles. The van der Waals surface area contributed by atoms with Crippen molar-refractivity contribution in [2.24, 2.45) is 5.92 Å². The molecule has 2 rings (SSSR count). The Kier molecular flexibility index (Phi) is 6.33. The van der Waals surface area contributed by atoms with E-state index in [1.54, 1.807) is 0 Å². The van der Waals surface area contributed by atoms with E-state index >= 15 is 0 Å². The summed E-state index contributed by atoms with van der Waals surface area (Å²) in [6, 6.07) is 9.86. The molecule has 1 aliphatic heterocycles. The molecule has 2 unspecified atom stereocenters. The molecule has 2 atom stereocenters. The topological polar surface area (TPSA) is 66.5 Å². The maximum atomic E-state index is 12.0. The average Bonchev–Trinajstić information content (AvgIpc) is 2.82. The van der Waals surface area contributed by atoms with Crippen LogP contribution >= 0.6 is 0 Å². The van der Waals surface area contributed by atoms with Gasteiger partial charge in [-0.1, -0.05) is 37.3 Å². The molecule has 0 radical (unpaired) electrons. The van der Waals surface area contributed by atoms with Crippen LogP contribution in [0.3, 0.4) is 0 Å². The standard InChI is InChI=1S/C17H26N2O3S/c1-14-10-15(2)19(12-14)13-17(20)11-18-23(21,22)9-8-16-6-4-3-5-7-16/h3-7,14-15,18H,8-13H2,1-2H3. The number of Topliss-reactive ketones (excluding diaryl/α,β-unsaturated/α-hetero) is 1. The first-order chi connectivity index (χ1) is 10.9. The van der Waals surface area contributed by atoms with Crippen LogP contribution in [0.1, 0.15) is 25.8 Å². The molecule has 1 N–H and O–H groups in total. The Bertz CT molecular complexity index is 616. The van der Waals surface area contributed by atoms with Crippen LogP contribution in [-0.4, -0.2) is 50.5 Å². The molecule has 1 aliphatic rings. The van der Waals surface area contributed by atoms with Crippen LogP contribution < -0.4 is 4.72 Å². The Hall–Kier alpha value is -1.24. The number of benzene rings is 1. The number of hydrogen-bond donors (Lipinski definition) is 1. The van der Waals surface area contributed by atoms with Crippen LogP contribution in [0.25, 0.3) is 0 Å². The van der Waals surface area contributed by atoms with Crippen molar-refractivity contribution in [3.63, 3.8) is 0 Å². The summed E-state index contributed by atoms with van der Waals surface area (Å²) < 4.78 is 26.4. The number of ketones is 1. The van der Waals surface area contributed by atoms with Crippen LogP contribution in [0.15, 0.2) is 30.3 Å². The highest BCUT2D eigenvalue weighted by atomic mass is 32.2. The molecular weight excluding hydrogens is 312 g/mol. The number of sulfonamides is 1. The lowest BCUT2D eigenvalue weighted by Crippen LogP contribution is -2.39. The third-order valence-electron chi connectivity index (χ3n) is 4.28. The minimum atomic E-state index is -3.42. The van der Waals surface area contributed by atoms with Gasteiger partial charge in [-0.3, -0.25) is 9.69 Å². The molecule has 1 saturated heterocycles. The fourth-order valence-corrected chi connectivity index (χ4v) is 4.08. The smallest absolute Gasteiger partial charge is 0.212 e. The molecule has 23 heavy (non-hydrogen) atoms. The molecule has 0 amide bonds. The van der Waals surface area contributed by atoms with Gasteiger partial charge in [-0.15, -0.1) is 0 Å². The van der Waals surface area contributed by atoms with Crippen LogP contribution in [0.2, 0.25) is 0 Å². The molecule has 1 heterocycles. The van der Waals surface area contributed by atoms with E-state index in [4.69, 9.17) is 0 Å². The Morgan fingerprint density at radius 1 is 1.26 bits per heavy atom. The summed E-state index contributed by atoms with van der Waals surface area (Å²) in [5.74, 6) is 0.524. The van der Waals surface area contributed by atoms with E-state index in [0.717, 1.165) is 18.5 Å². The second-order valence-corrected chi connectivity index (χ2v) is 8.46. The molecular formula is C17H26N2O3S. The lowest BCUT2D eigenvalue weighted by atomic mass is 10.1. The van der Waals surface area contributed by atoms with Crippen molar-refractivity contribution in [3.05, 3.63) is 35.9 Å². The van der Waals surface area contributed by atoms with Gasteiger partial charge < -0.3 is 0 Å². The first-order valence-electron chi connectivity index (χ1n) is 8.13. The molecule has 128 valence electrons. The summed E-state index contributed by atoms with van der Waals surface area (Å²) in [6.45, 7) is 5.41. The van der Waals surface area contributed by atoms with Gasteiger partial charge in [0.15, 0.2) is 5.78 Å². The summed E-state index contributed by atoms with van der Waals surface area (Å²) >= 11 is 0. The molecule has 0 aliphatic carbocycles. The number of carbonyl (C=O) groups is 1. The number of hydrogen-bond acceptors (Lipinski definition) is 4. The largest absolute Gasteiger partial charge is 0.297 e. The highest BCUT2D eigenvalue weighted by molar-refractivity contribution is 7.89. The van der Waals surface area contributed by atoms with Crippen LogP contribution in [-0.2, 0) is 21.2 Å². The number of rotatable bonds is 8. The van der Waals surface area contributed by atoms with E-state index in [1.807, 2.05) is 30.3 Å². The van der Waals surface area contributed by atoms with Crippen molar-refractivity contribution in [3.8, 4) is 0 Å². The summed E-state index contributed by atoms with van der Waals surface area (Å²) in [5, 5.41) is 0.